The third-order valence-electron chi connectivity index (χ3n) is 3.25. The molecule has 5 nitrogen and oxygen atoms in total. The third-order valence-corrected chi connectivity index (χ3v) is 3.81. The summed E-state index contributed by atoms with van der Waals surface area (Å²) < 4.78 is 1.44. The van der Waals surface area contributed by atoms with Crippen molar-refractivity contribution in [2.75, 3.05) is 7.05 Å². The zero-order valence-corrected chi connectivity index (χ0v) is 12.9. The van der Waals surface area contributed by atoms with Gasteiger partial charge in [-0.1, -0.05) is 34.5 Å². The summed E-state index contributed by atoms with van der Waals surface area (Å²) in [7, 11) is 3.39. The SMILES string of the molecule is CC(c1ccc(Cl)cc1Cl)N(C)C(=O)c1cnnn1C. The van der Waals surface area contributed by atoms with E-state index < -0.39 is 0 Å². The number of nitrogens with zero attached hydrogens (tertiary/aromatic N) is 4. The fraction of sp³-hybridized carbons (Fsp3) is 0.308. The Morgan fingerprint density at radius 2 is 2.10 bits per heavy atom. The van der Waals surface area contributed by atoms with E-state index in [1.807, 2.05) is 13.0 Å². The lowest BCUT2D eigenvalue weighted by Gasteiger charge is -2.25. The fourth-order valence-electron chi connectivity index (χ4n) is 1.89. The number of hydrogen-bond donors (Lipinski definition) is 0. The molecule has 1 aromatic heterocycles. The van der Waals surface area contributed by atoms with Crippen LogP contribution in [0.3, 0.4) is 0 Å². The van der Waals surface area contributed by atoms with Crippen molar-refractivity contribution in [1.82, 2.24) is 19.9 Å². The minimum atomic E-state index is -0.192. The van der Waals surface area contributed by atoms with Gasteiger partial charge >= 0.3 is 0 Å². The highest BCUT2D eigenvalue weighted by Gasteiger charge is 2.23. The van der Waals surface area contributed by atoms with Gasteiger partial charge < -0.3 is 4.90 Å². The van der Waals surface area contributed by atoms with Crippen molar-refractivity contribution in [1.29, 1.82) is 0 Å². The zero-order valence-electron chi connectivity index (χ0n) is 11.3. The summed E-state index contributed by atoms with van der Waals surface area (Å²) in [5.74, 6) is -0.170. The first kappa shape index (κ1) is 14.8. The zero-order chi connectivity index (χ0) is 14.9. The standard InChI is InChI=1S/C13H14Cl2N4O/c1-8(10-5-4-9(14)6-11(10)15)18(2)13(20)12-7-16-17-19(12)3/h4-8H,1-3H3. The molecule has 1 aromatic carbocycles. The summed E-state index contributed by atoms with van der Waals surface area (Å²) in [6, 6.07) is 5.05. The smallest absolute Gasteiger partial charge is 0.274 e. The van der Waals surface area contributed by atoms with Crippen LogP contribution in [0.4, 0.5) is 0 Å². The second-order valence-corrected chi connectivity index (χ2v) is 5.34. The van der Waals surface area contributed by atoms with Gasteiger partial charge in [0, 0.05) is 24.1 Å². The summed E-state index contributed by atoms with van der Waals surface area (Å²) in [6.45, 7) is 1.90. The van der Waals surface area contributed by atoms with Crippen LogP contribution in [0.25, 0.3) is 0 Å². The molecule has 0 spiro atoms. The predicted octanol–water partition coefficient (Wildman–Crippen LogP) is 2.96. The molecule has 106 valence electrons. The van der Waals surface area contributed by atoms with Gasteiger partial charge in [0.15, 0.2) is 0 Å². The molecule has 20 heavy (non-hydrogen) atoms. The number of hydrogen-bond acceptors (Lipinski definition) is 3. The first-order valence-corrected chi connectivity index (χ1v) is 6.74. The Morgan fingerprint density at radius 1 is 1.40 bits per heavy atom. The number of carbonyl (C=O) groups excluding carboxylic acids is 1. The number of aromatic nitrogens is 3. The van der Waals surface area contributed by atoms with Crippen molar-refractivity contribution in [3.05, 3.63) is 45.7 Å². The Bertz CT molecular complexity index is 641. The highest BCUT2D eigenvalue weighted by molar-refractivity contribution is 6.35. The van der Waals surface area contributed by atoms with Crippen LogP contribution in [0.2, 0.25) is 10.0 Å². The molecule has 1 amide bonds. The summed E-state index contributed by atoms with van der Waals surface area (Å²) in [4.78, 5) is 14.0. The molecule has 1 atom stereocenters. The van der Waals surface area contributed by atoms with Crippen molar-refractivity contribution in [2.45, 2.75) is 13.0 Å². The third kappa shape index (κ3) is 2.78. The van der Waals surface area contributed by atoms with E-state index in [0.29, 0.717) is 15.7 Å². The van der Waals surface area contributed by atoms with E-state index >= 15 is 0 Å². The number of benzene rings is 1. The maximum atomic E-state index is 12.4. The first-order chi connectivity index (χ1) is 9.41. The minimum Gasteiger partial charge on any atom is -0.334 e. The van der Waals surface area contributed by atoms with E-state index in [4.69, 9.17) is 23.2 Å². The topological polar surface area (TPSA) is 51.0 Å². The van der Waals surface area contributed by atoms with Crippen LogP contribution in [0.15, 0.2) is 24.4 Å². The van der Waals surface area contributed by atoms with Gasteiger partial charge in [0.25, 0.3) is 5.91 Å². The summed E-state index contributed by atoms with van der Waals surface area (Å²) in [6.07, 6.45) is 1.44. The largest absolute Gasteiger partial charge is 0.334 e. The van der Waals surface area contributed by atoms with E-state index in [0.717, 1.165) is 5.56 Å². The quantitative estimate of drug-likeness (QED) is 0.875. The van der Waals surface area contributed by atoms with E-state index in [-0.39, 0.29) is 11.9 Å². The Morgan fingerprint density at radius 3 is 2.65 bits per heavy atom. The molecule has 1 heterocycles. The maximum absolute atomic E-state index is 12.4. The van der Waals surface area contributed by atoms with Crippen LogP contribution < -0.4 is 0 Å². The number of aryl methyl sites for hydroxylation is 1. The van der Waals surface area contributed by atoms with Gasteiger partial charge in [-0.05, 0) is 24.6 Å². The van der Waals surface area contributed by atoms with Crippen molar-refractivity contribution in [3.63, 3.8) is 0 Å². The Balaban J connectivity index is 2.26. The van der Waals surface area contributed by atoms with Crippen LogP contribution >= 0.6 is 23.2 Å². The van der Waals surface area contributed by atoms with Gasteiger partial charge in [-0.25, -0.2) is 4.68 Å². The van der Waals surface area contributed by atoms with E-state index in [2.05, 4.69) is 10.3 Å². The highest BCUT2D eigenvalue weighted by atomic mass is 35.5. The van der Waals surface area contributed by atoms with Crippen LogP contribution in [-0.4, -0.2) is 32.8 Å². The van der Waals surface area contributed by atoms with Crippen LogP contribution in [0.5, 0.6) is 0 Å². The molecule has 0 fully saturated rings. The minimum absolute atomic E-state index is 0.170. The molecule has 0 aliphatic carbocycles. The average Bonchev–Trinajstić information content (AvgIpc) is 2.82. The van der Waals surface area contributed by atoms with Crippen molar-refractivity contribution < 1.29 is 4.79 Å². The average molecular weight is 313 g/mol. The van der Waals surface area contributed by atoms with Crippen LogP contribution in [-0.2, 0) is 7.05 Å². The van der Waals surface area contributed by atoms with E-state index in [9.17, 15) is 4.79 Å². The molecular formula is C13H14Cl2N4O. The lowest BCUT2D eigenvalue weighted by molar-refractivity contribution is 0.0731. The van der Waals surface area contributed by atoms with Crippen molar-refractivity contribution >= 4 is 29.1 Å². The molecule has 0 bridgehead atoms. The second kappa shape index (κ2) is 5.81. The maximum Gasteiger partial charge on any atom is 0.274 e. The number of rotatable bonds is 3. The number of carbonyl (C=O) groups is 1. The molecule has 0 N–H and O–H groups in total. The van der Waals surface area contributed by atoms with Gasteiger partial charge in [-0.15, -0.1) is 5.10 Å². The van der Waals surface area contributed by atoms with Gasteiger partial charge in [-0.3, -0.25) is 4.79 Å². The van der Waals surface area contributed by atoms with Gasteiger partial charge in [0.05, 0.1) is 12.2 Å². The summed E-state index contributed by atoms with van der Waals surface area (Å²) >= 11 is 12.1. The Kier molecular flexibility index (Phi) is 4.30. The number of halogens is 2. The number of amides is 1. The molecule has 0 saturated carbocycles. The lowest BCUT2D eigenvalue weighted by atomic mass is 10.1. The molecule has 0 saturated heterocycles. The Hall–Kier alpha value is -1.59. The first-order valence-electron chi connectivity index (χ1n) is 5.98. The molecule has 0 radical (unpaired) electrons. The molecule has 0 aliphatic rings. The van der Waals surface area contributed by atoms with E-state index in [1.54, 1.807) is 31.1 Å². The van der Waals surface area contributed by atoms with Crippen molar-refractivity contribution in [3.8, 4) is 0 Å². The monoisotopic (exact) mass is 312 g/mol. The van der Waals surface area contributed by atoms with Gasteiger partial charge in [-0.2, -0.15) is 0 Å². The van der Waals surface area contributed by atoms with E-state index in [1.165, 1.54) is 10.9 Å². The molecule has 0 aliphatic heterocycles. The summed E-state index contributed by atoms with van der Waals surface area (Å²) in [5, 5.41) is 8.57. The normalized spacial score (nSPS) is 12.2. The Labute approximate surface area is 127 Å². The lowest BCUT2D eigenvalue weighted by Crippen LogP contribution is -2.31. The molecular weight excluding hydrogens is 299 g/mol. The predicted molar refractivity (Wildman–Crippen MR) is 78.0 cm³/mol. The second-order valence-electron chi connectivity index (χ2n) is 4.50. The molecule has 7 heteroatoms. The van der Waals surface area contributed by atoms with Gasteiger partial charge in [0.1, 0.15) is 5.69 Å². The van der Waals surface area contributed by atoms with Crippen LogP contribution in [0, 0.1) is 0 Å². The molecule has 1 unspecified atom stereocenters. The molecule has 2 rings (SSSR count). The van der Waals surface area contributed by atoms with Crippen LogP contribution in [0.1, 0.15) is 29.0 Å². The summed E-state index contributed by atoms with van der Waals surface area (Å²) in [5.41, 5.74) is 1.26. The molecule has 2 aromatic rings. The van der Waals surface area contributed by atoms with Gasteiger partial charge in [0.2, 0.25) is 0 Å². The van der Waals surface area contributed by atoms with Crippen molar-refractivity contribution in [2.24, 2.45) is 7.05 Å². The highest BCUT2D eigenvalue weighted by Crippen LogP contribution is 2.29. The fourth-order valence-corrected chi connectivity index (χ4v) is 2.46.